The number of carboxylic acid groups (broad SMARTS) is 1. The van der Waals surface area contributed by atoms with Crippen molar-refractivity contribution < 1.29 is 28.0 Å². The molecule has 0 spiro atoms. The van der Waals surface area contributed by atoms with Crippen LogP contribution in [-0.2, 0) is 10.1 Å². The number of benzene rings is 1. The molecule has 0 atom stereocenters. The number of hydrogen-bond donors (Lipinski definition) is 3. The number of para-hydroxylation sites is 1. The molecule has 1 aromatic carbocycles. The van der Waals surface area contributed by atoms with E-state index in [0.717, 1.165) is 18.2 Å². The maximum absolute atomic E-state index is 10.6. The third-order valence-electron chi connectivity index (χ3n) is 1.51. The van der Waals surface area contributed by atoms with Gasteiger partial charge in [0.2, 0.25) is 0 Å². The normalized spacial score (nSPS) is 10.5. The summed E-state index contributed by atoms with van der Waals surface area (Å²) in [6, 6.07) is 3.02. The first-order chi connectivity index (χ1) is 6.34. The molecule has 15 heavy (non-hydrogen) atoms. The Kier molecular flexibility index (Phi) is 5.01. The Hall–Kier alpha value is -0.340. The minimum absolute atomic E-state index is 0. The molecule has 6 nitrogen and oxygen atoms in total. The molecule has 0 aliphatic rings. The van der Waals surface area contributed by atoms with Gasteiger partial charge in [0.25, 0.3) is 10.1 Å². The van der Waals surface area contributed by atoms with Gasteiger partial charge in [0.05, 0.1) is 0 Å². The number of carboxylic acids is 1. The fourth-order valence-corrected chi connectivity index (χ4v) is 1.51. The average Bonchev–Trinajstić information content (AvgIpc) is 2.01. The van der Waals surface area contributed by atoms with Crippen molar-refractivity contribution in [3.05, 3.63) is 23.8 Å². The summed E-state index contributed by atoms with van der Waals surface area (Å²) in [6.07, 6.45) is 0. The molecule has 80 valence electrons. The Morgan fingerprint density at radius 2 is 1.80 bits per heavy atom. The summed E-state index contributed by atoms with van der Waals surface area (Å²) in [5, 5.41) is 17.7. The summed E-state index contributed by atoms with van der Waals surface area (Å²) in [6.45, 7) is 0. The molecule has 0 amide bonds. The van der Waals surface area contributed by atoms with E-state index in [0.29, 0.717) is 0 Å². The van der Waals surface area contributed by atoms with Crippen LogP contribution in [-0.4, -0.2) is 66.9 Å². The number of hydrogen-bond acceptors (Lipinski definition) is 4. The summed E-state index contributed by atoms with van der Waals surface area (Å²) in [7, 11) is -4.60. The van der Waals surface area contributed by atoms with E-state index in [1.807, 2.05) is 0 Å². The SMILES string of the molecule is O=C(O)c1cccc(S(=O)(=O)O)c1O.[CaH2]. The molecule has 1 aromatic rings. The van der Waals surface area contributed by atoms with Gasteiger partial charge in [-0.15, -0.1) is 0 Å². The molecule has 0 unspecified atom stereocenters. The van der Waals surface area contributed by atoms with Gasteiger partial charge in [-0.1, -0.05) is 6.07 Å². The van der Waals surface area contributed by atoms with Crippen LogP contribution in [0.2, 0.25) is 0 Å². The van der Waals surface area contributed by atoms with Crippen molar-refractivity contribution in [1.29, 1.82) is 0 Å². The predicted molar refractivity (Wildman–Crippen MR) is 53.4 cm³/mol. The Bertz CT molecular complexity index is 480. The van der Waals surface area contributed by atoms with E-state index >= 15 is 0 Å². The molecule has 0 saturated carbocycles. The fraction of sp³-hybridized carbons (Fsp3) is 0. The number of rotatable bonds is 2. The van der Waals surface area contributed by atoms with E-state index in [4.69, 9.17) is 9.66 Å². The molecule has 0 bridgehead atoms. The Labute approximate surface area is 115 Å². The van der Waals surface area contributed by atoms with Gasteiger partial charge in [0.1, 0.15) is 10.5 Å². The number of aromatic hydroxyl groups is 1. The zero-order valence-corrected chi connectivity index (χ0v) is 7.52. The molecule has 0 radical (unpaired) electrons. The second-order valence-corrected chi connectivity index (χ2v) is 3.82. The third kappa shape index (κ3) is 3.32. The molecule has 8 heteroatoms. The Balaban J connectivity index is 0.00000196. The van der Waals surface area contributed by atoms with Crippen molar-refractivity contribution in [3.63, 3.8) is 0 Å². The Morgan fingerprint density at radius 3 is 2.20 bits per heavy atom. The molecule has 1 rings (SSSR count). The summed E-state index contributed by atoms with van der Waals surface area (Å²) >= 11 is 0. The zero-order chi connectivity index (χ0) is 10.9. The van der Waals surface area contributed by atoms with Gasteiger partial charge in [-0.3, -0.25) is 4.55 Å². The Morgan fingerprint density at radius 1 is 1.27 bits per heavy atom. The predicted octanol–water partition coefficient (Wildman–Crippen LogP) is -0.579. The van der Waals surface area contributed by atoms with Crippen LogP contribution in [0.3, 0.4) is 0 Å². The van der Waals surface area contributed by atoms with Gasteiger partial charge < -0.3 is 10.2 Å². The fourth-order valence-electron chi connectivity index (χ4n) is 0.903. The first kappa shape index (κ1) is 14.7. The molecule has 0 fully saturated rings. The van der Waals surface area contributed by atoms with Crippen LogP contribution < -0.4 is 0 Å². The van der Waals surface area contributed by atoms with Gasteiger partial charge in [-0.2, -0.15) is 8.42 Å². The molecular weight excluding hydrogens is 252 g/mol. The number of aromatic carboxylic acids is 1. The topological polar surface area (TPSA) is 112 Å². The molecule has 0 heterocycles. The van der Waals surface area contributed by atoms with Gasteiger partial charge in [0, 0.05) is 0 Å². The summed E-state index contributed by atoms with van der Waals surface area (Å²) in [5.74, 6) is -2.45. The number of carbonyl (C=O) groups is 1. The third-order valence-corrected chi connectivity index (χ3v) is 2.39. The monoisotopic (exact) mass is 260 g/mol. The van der Waals surface area contributed by atoms with Crippen molar-refractivity contribution in [3.8, 4) is 5.75 Å². The second-order valence-electron chi connectivity index (χ2n) is 2.43. The number of phenols is 1. The first-order valence-corrected chi connectivity index (χ1v) is 4.81. The molecule has 0 aliphatic carbocycles. The molecule has 0 aliphatic heterocycles. The van der Waals surface area contributed by atoms with E-state index < -0.39 is 32.3 Å². The first-order valence-electron chi connectivity index (χ1n) is 3.37. The van der Waals surface area contributed by atoms with Crippen molar-refractivity contribution in [2.24, 2.45) is 0 Å². The van der Waals surface area contributed by atoms with Crippen molar-refractivity contribution in [2.45, 2.75) is 4.90 Å². The van der Waals surface area contributed by atoms with Crippen LogP contribution in [0.1, 0.15) is 10.4 Å². The van der Waals surface area contributed by atoms with Crippen molar-refractivity contribution in [1.82, 2.24) is 0 Å². The van der Waals surface area contributed by atoms with E-state index in [1.54, 1.807) is 0 Å². The van der Waals surface area contributed by atoms with Gasteiger partial charge >= 0.3 is 43.7 Å². The van der Waals surface area contributed by atoms with Gasteiger partial charge in [-0.25, -0.2) is 4.79 Å². The van der Waals surface area contributed by atoms with E-state index in [9.17, 15) is 18.3 Å². The molecule has 0 saturated heterocycles. The molecule has 3 N–H and O–H groups in total. The van der Waals surface area contributed by atoms with Crippen LogP contribution in [0.5, 0.6) is 5.75 Å². The zero-order valence-electron chi connectivity index (χ0n) is 6.71. The van der Waals surface area contributed by atoms with E-state index in [2.05, 4.69) is 0 Å². The van der Waals surface area contributed by atoms with Crippen LogP contribution in [0.4, 0.5) is 0 Å². The van der Waals surface area contributed by atoms with Gasteiger partial charge in [-0.05, 0) is 12.1 Å². The van der Waals surface area contributed by atoms with Crippen molar-refractivity contribution in [2.75, 3.05) is 0 Å². The van der Waals surface area contributed by atoms with E-state index in [-0.39, 0.29) is 37.7 Å². The van der Waals surface area contributed by atoms with E-state index in [1.165, 1.54) is 0 Å². The van der Waals surface area contributed by atoms with Crippen LogP contribution in [0, 0.1) is 0 Å². The quantitative estimate of drug-likeness (QED) is 0.484. The van der Waals surface area contributed by atoms with Gasteiger partial charge in [0.15, 0.2) is 5.75 Å². The molecule has 0 aromatic heterocycles. The van der Waals surface area contributed by atoms with Crippen LogP contribution in [0.25, 0.3) is 0 Å². The summed E-state index contributed by atoms with van der Waals surface area (Å²) in [4.78, 5) is 9.64. The average molecular weight is 260 g/mol. The summed E-state index contributed by atoms with van der Waals surface area (Å²) < 4.78 is 29.9. The standard InChI is InChI=1S/C7H6O6S.Ca.2H/c8-6-4(7(9)10)2-1-3-5(6)14(11,12)13;;;/h1-3,8H,(H,9,10)(H,11,12,13);;;. The summed E-state index contributed by atoms with van der Waals surface area (Å²) in [5.41, 5.74) is -0.583. The molecular formula is C7H8CaO6S. The van der Waals surface area contributed by atoms with Crippen LogP contribution in [0.15, 0.2) is 23.1 Å². The second kappa shape index (κ2) is 5.13. The maximum atomic E-state index is 10.6. The van der Waals surface area contributed by atoms with Crippen molar-refractivity contribution >= 4 is 53.8 Å². The van der Waals surface area contributed by atoms with Crippen LogP contribution >= 0.6 is 0 Å². The minimum atomic E-state index is -4.60.